The zero-order chi connectivity index (χ0) is 20.7. The molecule has 0 atom stereocenters. The molecule has 1 aromatic carbocycles. The van der Waals surface area contributed by atoms with Crippen LogP contribution in [-0.2, 0) is 24.3 Å². The molecule has 0 aliphatic carbocycles. The number of nitrogens with one attached hydrogen (secondary N) is 1. The second-order valence-corrected chi connectivity index (χ2v) is 8.33. The Bertz CT molecular complexity index is 808. The number of esters is 1. The van der Waals surface area contributed by atoms with E-state index < -0.39 is 16.0 Å². The maximum Gasteiger partial charge on any atom is 0.306 e. The van der Waals surface area contributed by atoms with Crippen LogP contribution < -0.4 is 14.2 Å². The molecular weight excluding hydrogens is 388 g/mol. The van der Waals surface area contributed by atoms with E-state index in [1.54, 1.807) is 13.1 Å². The Morgan fingerprint density at radius 1 is 1.21 bits per heavy atom. The Hall–Kier alpha value is -2.33. The van der Waals surface area contributed by atoms with Gasteiger partial charge >= 0.3 is 5.97 Å². The van der Waals surface area contributed by atoms with E-state index in [-0.39, 0.29) is 42.8 Å². The molecule has 1 aromatic rings. The number of nitrogens with zero attached hydrogens (tertiary/aromatic N) is 1. The summed E-state index contributed by atoms with van der Waals surface area (Å²) in [5.74, 6) is 0.0473. The monoisotopic (exact) mass is 414 g/mol. The van der Waals surface area contributed by atoms with Gasteiger partial charge in [0.1, 0.15) is 13.2 Å². The van der Waals surface area contributed by atoms with E-state index in [4.69, 9.17) is 14.2 Å². The highest BCUT2D eigenvalue weighted by Crippen LogP contribution is 2.32. The molecule has 1 N–H and O–H groups in total. The number of sulfonamides is 1. The van der Waals surface area contributed by atoms with Gasteiger partial charge in [0.25, 0.3) is 5.91 Å². The molecule has 28 heavy (non-hydrogen) atoms. The van der Waals surface area contributed by atoms with Crippen molar-refractivity contribution in [2.45, 2.75) is 37.6 Å². The van der Waals surface area contributed by atoms with Crippen LogP contribution in [0.5, 0.6) is 11.5 Å². The largest absolute Gasteiger partial charge is 0.486 e. The molecule has 0 bridgehead atoms. The lowest BCUT2D eigenvalue weighted by molar-refractivity contribution is -0.152. The van der Waals surface area contributed by atoms with Crippen molar-refractivity contribution in [3.05, 3.63) is 18.2 Å². The van der Waals surface area contributed by atoms with Crippen LogP contribution >= 0.6 is 0 Å². The van der Waals surface area contributed by atoms with Crippen molar-refractivity contribution in [1.29, 1.82) is 0 Å². The zero-order valence-electron chi connectivity index (χ0n) is 16.3. The Morgan fingerprint density at radius 3 is 2.57 bits per heavy atom. The highest BCUT2D eigenvalue weighted by atomic mass is 32.2. The first-order chi connectivity index (χ1) is 13.2. The van der Waals surface area contributed by atoms with Crippen molar-refractivity contribution >= 4 is 21.9 Å². The number of hydrogen-bond donors (Lipinski definition) is 1. The summed E-state index contributed by atoms with van der Waals surface area (Å²) in [6.45, 7) is 4.23. The van der Waals surface area contributed by atoms with Gasteiger partial charge in [0, 0.05) is 32.1 Å². The minimum absolute atomic E-state index is 0.00231. The normalized spacial score (nSPS) is 13.3. The fourth-order valence-electron chi connectivity index (χ4n) is 2.32. The van der Waals surface area contributed by atoms with E-state index in [0.29, 0.717) is 24.7 Å². The lowest BCUT2D eigenvalue weighted by atomic mass is 10.3. The smallest absolute Gasteiger partial charge is 0.306 e. The molecule has 0 saturated heterocycles. The highest BCUT2D eigenvalue weighted by molar-refractivity contribution is 7.89. The molecule has 1 aliphatic heterocycles. The second-order valence-electron chi connectivity index (χ2n) is 6.57. The lowest BCUT2D eigenvalue weighted by Gasteiger charge is -2.21. The molecule has 0 radical (unpaired) electrons. The molecule has 0 aromatic heterocycles. The molecule has 156 valence electrons. The Labute approximate surface area is 165 Å². The van der Waals surface area contributed by atoms with Crippen LogP contribution in [0.1, 0.15) is 26.7 Å². The first kappa shape index (κ1) is 22.0. The standard InChI is InChI=1S/C18H26N2O7S/c1-13(2)20(3)17(21)12-27-18(22)5-4-8-19-28(23,24)14-6-7-15-16(11-14)26-10-9-25-15/h6-7,11,13,19H,4-5,8-10,12H2,1-3H3. The molecule has 0 fully saturated rings. The Kier molecular flexibility index (Phi) is 7.64. The molecule has 0 spiro atoms. The number of likely N-dealkylation sites (N-methyl/N-ethyl adjacent to an activating group) is 1. The zero-order valence-corrected chi connectivity index (χ0v) is 17.1. The van der Waals surface area contributed by atoms with Gasteiger partial charge in [-0.25, -0.2) is 13.1 Å². The molecule has 0 unspecified atom stereocenters. The van der Waals surface area contributed by atoms with Gasteiger partial charge in [-0.3, -0.25) is 9.59 Å². The van der Waals surface area contributed by atoms with Crippen LogP contribution in [0.4, 0.5) is 0 Å². The van der Waals surface area contributed by atoms with Crippen molar-refractivity contribution in [1.82, 2.24) is 9.62 Å². The van der Waals surface area contributed by atoms with Crippen molar-refractivity contribution in [3.8, 4) is 11.5 Å². The van der Waals surface area contributed by atoms with Crippen LogP contribution in [0, 0.1) is 0 Å². The third-order valence-electron chi connectivity index (χ3n) is 4.20. The van der Waals surface area contributed by atoms with Crippen molar-refractivity contribution < 1.29 is 32.2 Å². The average molecular weight is 414 g/mol. The summed E-state index contributed by atoms with van der Waals surface area (Å²) in [4.78, 5) is 25.0. The van der Waals surface area contributed by atoms with Crippen LogP contribution in [0.3, 0.4) is 0 Å². The third-order valence-corrected chi connectivity index (χ3v) is 5.66. The quantitative estimate of drug-likeness (QED) is 0.472. The number of benzene rings is 1. The van der Waals surface area contributed by atoms with Gasteiger partial charge in [-0.2, -0.15) is 0 Å². The van der Waals surface area contributed by atoms with Crippen molar-refractivity contribution in [3.63, 3.8) is 0 Å². The van der Waals surface area contributed by atoms with Crippen molar-refractivity contribution in [2.24, 2.45) is 0 Å². The molecule has 2 rings (SSSR count). The maximum atomic E-state index is 12.3. The van der Waals surface area contributed by atoms with Gasteiger partial charge in [-0.1, -0.05) is 0 Å². The first-order valence-corrected chi connectivity index (χ1v) is 10.5. The lowest BCUT2D eigenvalue weighted by Crippen LogP contribution is -2.36. The molecule has 9 nitrogen and oxygen atoms in total. The topological polar surface area (TPSA) is 111 Å². The summed E-state index contributed by atoms with van der Waals surface area (Å²) < 4.78 is 42.8. The van der Waals surface area contributed by atoms with Gasteiger partial charge in [0.2, 0.25) is 10.0 Å². The van der Waals surface area contributed by atoms with Gasteiger partial charge in [0.15, 0.2) is 18.1 Å². The SMILES string of the molecule is CC(C)N(C)C(=O)COC(=O)CCCNS(=O)(=O)c1ccc2c(c1)OCCO2. The fourth-order valence-corrected chi connectivity index (χ4v) is 3.41. The predicted octanol–water partition coefficient (Wildman–Crippen LogP) is 0.926. The Balaban J connectivity index is 1.75. The minimum atomic E-state index is -3.74. The van der Waals surface area contributed by atoms with Gasteiger partial charge in [-0.15, -0.1) is 0 Å². The molecule has 1 amide bonds. The van der Waals surface area contributed by atoms with Gasteiger partial charge < -0.3 is 19.1 Å². The molecular formula is C18H26N2O7S. The van der Waals surface area contributed by atoms with E-state index in [0.717, 1.165) is 0 Å². The summed E-state index contributed by atoms with van der Waals surface area (Å²) in [6.07, 6.45) is 0.249. The van der Waals surface area contributed by atoms with Crippen LogP contribution in [0.15, 0.2) is 23.1 Å². The highest BCUT2D eigenvalue weighted by Gasteiger charge is 2.19. The molecule has 1 heterocycles. The summed E-state index contributed by atoms with van der Waals surface area (Å²) in [6, 6.07) is 4.40. The summed E-state index contributed by atoms with van der Waals surface area (Å²) in [7, 11) is -2.10. The van der Waals surface area contributed by atoms with Gasteiger partial charge in [-0.05, 0) is 32.4 Å². The second kappa shape index (κ2) is 9.74. The van der Waals surface area contributed by atoms with Crippen LogP contribution in [0.2, 0.25) is 0 Å². The van der Waals surface area contributed by atoms with E-state index in [2.05, 4.69) is 4.72 Å². The van der Waals surface area contributed by atoms with Crippen LogP contribution in [0.25, 0.3) is 0 Å². The summed E-state index contributed by atoms with van der Waals surface area (Å²) >= 11 is 0. The Morgan fingerprint density at radius 2 is 1.89 bits per heavy atom. The number of carbonyl (C=O) groups is 2. The van der Waals surface area contributed by atoms with Crippen molar-refractivity contribution in [2.75, 3.05) is 33.4 Å². The molecule has 10 heteroatoms. The molecule has 1 aliphatic rings. The minimum Gasteiger partial charge on any atom is -0.486 e. The van der Waals surface area contributed by atoms with Gasteiger partial charge in [0.05, 0.1) is 4.90 Å². The number of hydrogen-bond acceptors (Lipinski definition) is 7. The predicted molar refractivity (Wildman–Crippen MR) is 101 cm³/mol. The number of amides is 1. The van der Waals surface area contributed by atoms with E-state index >= 15 is 0 Å². The first-order valence-electron chi connectivity index (χ1n) is 9.01. The third kappa shape index (κ3) is 6.10. The number of ether oxygens (including phenoxy) is 3. The summed E-state index contributed by atoms with van der Waals surface area (Å²) in [5, 5.41) is 0. The van der Waals surface area contributed by atoms with E-state index in [1.807, 2.05) is 13.8 Å². The number of fused-ring (bicyclic) bond motifs is 1. The summed E-state index contributed by atoms with van der Waals surface area (Å²) in [5.41, 5.74) is 0. The number of rotatable bonds is 9. The maximum absolute atomic E-state index is 12.3. The van der Waals surface area contributed by atoms with E-state index in [1.165, 1.54) is 17.0 Å². The number of carbonyl (C=O) groups excluding carboxylic acids is 2. The molecule has 0 saturated carbocycles. The fraction of sp³-hybridized carbons (Fsp3) is 0.556. The van der Waals surface area contributed by atoms with Crippen LogP contribution in [-0.4, -0.2) is 64.6 Å². The average Bonchev–Trinajstić information content (AvgIpc) is 2.68. The van der Waals surface area contributed by atoms with E-state index in [9.17, 15) is 18.0 Å².